The van der Waals surface area contributed by atoms with Crippen LogP contribution in [-0.2, 0) is 11.2 Å². The van der Waals surface area contributed by atoms with Crippen LogP contribution in [0.5, 0.6) is 0 Å². The van der Waals surface area contributed by atoms with Gasteiger partial charge in [-0.3, -0.25) is 4.79 Å². The number of hydrogen-bond acceptors (Lipinski definition) is 3. The third-order valence-electron chi connectivity index (χ3n) is 3.28. The van der Waals surface area contributed by atoms with E-state index in [1.54, 1.807) is 17.5 Å². The van der Waals surface area contributed by atoms with Crippen molar-refractivity contribution in [3.05, 3.63) is 16.6 Å². The molecule has 1 saturated carbocycles. The summed E-state index contributed by atoms with van der Waals surface area (Å²) in [6, 6.07) is 0. The van der Waals surface area contributed by atoms with Gasteiger partial charge in [0.15, 0.2) is 0 Å². The highest BCUT2D eigenvalue weighted by atomic mass is 32.1. The average molecular weight is 225 g/mol. The smallest absolute Gasteiger partial charge is 0.310 e. The van der Waals surface area contributed by atoms with Crippen molar-refractivity contribution < 1.29 is 9.90 Å². The van der Waals surface area contributed by atoms with E-state index in [1.807, 2.05) is 5.38 Å². The van der Waals surface area contributed by atoms with Gasteiger partial charge in [0.2, 0.25) is 0 Å². The molecule has 1 heterocycles. The monoisotopic (exact) mass is 225 g/mol. The lowest BCUT2D eigenvalue weighted by molar-refractivity contribution is -0.148. The first-order chi connectivity index (χ1) is 7.12. The van der Waals surface area contributed by atoms with Crippen molar-refractivity contribution in [3.63, 3.8) is 0 Å². The van der Waals surface area contributed by atoms with Crippen molar-refractivity contribution >= 4 is 17.3 Å². The Balaban J connectivity index is 2.17. The van der Waals surface area contributed by atoms with Crippen molar-refractivity contribution in [2.24, 2.45) is 11.3 Å². The van der Waals surface area contributed by atoms with E-state index in [0.29, 0.717) is 12.3 Å². The highest BCUT2D eigenvalue weighted by Crippen LogP contribution is 2.44. The number of carboxylic acids is 1. The fraction of sp³-hybridized carbons (Fsp3) is 0.636. The third kappa shape index (κ3) is 2.04. The van der Waals surface area contributed by atoms with Crippen LogP contribution in [0.15, 0.2) is 11.6 Å². The second-order valence-electron chi connectivity index (χ2n) is 4.54. The van der Waals surface area contributed by atoms with Crippen LogP contribution in [0.2, 0.25) is 0 Å². The van der Waals surface area contributed by atoms with E-state index in [9.17, 15) is 9.90 Å². The van der Waals surface area contributed by atoms with Gasteiger partial charge in [0, 0.05) is 18.0 Å². The van der Waals surface area contributed by atoms with Crippen molar-refractivity contribution in [2.45, 2.75) is 32.6 Å². The SMILES string of the molecule is CC1CCC(Cc2nccs2)(C(=O)O)C1. The number of rotatable bonds is 3. The molecule has 0 radical (unpaired) electrons. The first kappa shape index (κ1) is 10.6. The van der Waals surface area contributed by atoms with Crippen molar-refractivity contribution in [3.8, 4) is 0 Å². The molecule has 0 aromatic carbocycles. The van der Waals surface area contributed by atoms with E-state index in [2.05, 4.69) is 11.9 Å². The Labute approximate surface area is 93.2 Å². The summed E-state index contributed by atoms with van der Waals surface area (Å²) < 4.78 is 0. The first-order valence-electron chi connectivity index (χ1n) is 5.24. The molecule has 82 valence electrons. The zero-order chi connectivity index (χ0) is 10.9. The number of hydrogen-bond donors (Lipinski definition) is 1. The van der Waals surface area contributed by atoms with Gasteiger partial charge >= 0.3 is 5.97 Å². The van der Waals surface area contributed by atoms with Gasteiger partial charge in [-0.1, -0.05) is 6.92 Å². The largest absolute Gasteiger partial charge is 0.481 e. The minimum Gasteiger partial charge on any atom is -0.481 e. The molecule has 0 aliphatic heterocycles. The Morgan fingerprint density at radius 3 is 3.07 bits per heavy atom. The molecule has 0 amide bonds. The lowest BCUT2D eigenvalue weighted by atomic mass is 9.82. The minimum absolute atomic E-state index is 0.529. The van der Waals surface area contributed by atoms with Gasteiger partial charge in [0.05, 0.1) is 10.4 Å². The minimum atomic E-state index is -0.651. The molecular formula is C11H15NO2S. The lowest BCUT2D eigenvalue weighted by Crippen LogP contribution is -2.30. The normalized spacial score (nSPS) is 30.6. The van der Waals surface area contributed by atoms with Crippen LogP contribution < -0.4 is 0 Å². The molecule has 2 unspecified atom stereocenters. The molecule has 2 rings (SSSR count). The standard InChI is InChI=1S/C11H15NO2S/c1-8-2-3-11(6-8,10(13)14)7-9-12-4-5-15-9/h4-5,8H,2-3,6-7H2,1H3,(H,13,14). The fourth-order valence-electron chi connectivity index (χ4n) is 2.45. The number of aromatic nitrogens is 1. The number of nitrogens with zero attached hydrogens (tertiary/aromatic N) is 1. The summed E-state index contributed by atoms with van der Waals surface area (Å²) in [7, 11) is 0. The van der Waals surface area contributed by atoms with Crippen LogP contribution in [0.1, 0.15) is 31.2 Å². The van der Waals surface area contributed by atoms with Crippen LogP contribution >= 0.6 is 11.3 Å². The van der Waals surface area contributed by atoms with Crippen molar-refractivity contribution in [2.75, 3.05) is 0 Å². The van der Waals surface area contributed by atoms with E-state index >= 15 is 0 Å². The maximum Gasteiger partial charge on any atom is 0.310 e. The molecule has 1 N–H and O–H groups in total. The van der Waals surface area contributed by atoms with Gasteiger partial charge in [-0.2, -0.15) is 0 Å². The van der Waals surface area contributed by atoms with Crippen LogP contribution in [0, 0.1) is 11.3 Å². The molecule has 1 fully saturated rings. The molecule has 1 aromatic rings. The van der Waals surface area contributed by atoms with E-state index in [1.165, 1.54) is 0 Å². The zero-order valence-corrected chi connectivity index (χ0v) is 9.59. The molecule has 1 aromatic heterocycles. The summed E-state index contributed by atoms with van der Waals surface area (Å²) in [5, 5.41) is 12.2. The Morgan fingerprint density at radius 1 is 1.80 bits per heavy atom. The van der Waals surface area contributed by atoms with Gasteiger partial charge in [-0.05, 0) is 25.2 Å². The second-order valence-corrected chi connectivity index (χ2v) is 5.52. The van der Waals surface area contributed by atoms with E-state index in [0.717, 1.165) is 24.3 Å². The number of aliphatic carboxylic acids is 1. The van der Waals surface area contributed by atoms with Gasteiger partial charge in [0.1, 0.15) is 0 Å². The van der Waals surface area contributed by atoms with Gasteiger partial charge in [-0.25, -0.2) is 4.98 Å². The summed E-state index contributed by atoms with van der Waals surface area (Å²) in [5.41, 5.74) is -0.544. The summed E-state index contributed by atoms with van der Waals surface area (Å²) in [6.07, 6.45) is 4.96. The molecular weight excluding hydrogens is 210 g/mol. The Hall–Kier alpha value is -0.900. The third-order valence-corrected chi connectivity index (χ3v) is 4.06. The maximum absolute atomic E-state index is 11.4. The molecule has 15 heavy (non-hydrogen) atoms. The Kier molecular flexibility index (Phi) is 2.78. The van der Waals surface area contributed by atoms with Crippen LogP contribution in [0.4, 0.5) is 0 Å². The average Bonchev–Trinajstić information content (AvgIpc) is 2.77. The number of carbonyl (C=O) groups is 1. The summed E-state index contributed by atoms with van der Waals surface area (Å²) in [5.74, 6) is -0.122. The molecule has 1 aliphatic rings. The van der Waals surface area contributed by atoms with Gasteiger partial charge in [-0.15, -0.1) is 11.3 Å². The van der Waals surface area contributed by atoms with Crippen LogP contribution in [0.3, 0.4) is 0 Å². The van der Waals surface area contributed by atoms with Crippen LogP contribution in [-0.4, -0.2) is 16.1 Å². The van der Waals surface area contributed by atoms with Crippen LogP contribution in [0.25, 0.3) is 0 Å². The summed E-state index contributed by atoms with van der Waals surface area (Å²) in [6.45, 7) is 2.13. The summed E-state index contributed by atoms with van der Waals surface area (Å²) in [4.78, 5) is 15.6. The maximum atomic E-state index is 11.4. The molecule has 3 nitrogen and oxygen atoms in total. The molecule has 0 spiro atoms. The zero-order valence-electron chi connectivity index (χ0n) is 8.77. The van der Waals surface area contributed by atoms with Gasteiger partial charge < -0.3 is 5.11 Å². The molecule has 1 aliphatic carbocycles. The molecule has 0 bridgehead atoms. The highest BCUT2D eigenvalue weighted by Gasteiger charge is 2.44. The Bertz CT molecular complexity index is 349. The predicted molar refractivity (Wildman–Crippen MR) is 58.9 cm³/mol. The second kappa shape index (κ2) is 3.93. The number of thiazole rings is 1. The molecule has 0 saturated heterocycles. The summed E-state index contributed by atoms with van der Waals surface area (Å²) >= 11 is 1.55. The van der Waals surface area contributed by atoms with Gasteiger partial charge in [0.25, 0.3) is 0 Å². The Morgan fingerprint density at radius 2 is 2.60 bits per heavy atom. The topological polar surface area (TPSA) is 50.2 Å². The highest BCUT2D eigenvalue weighted by molar-refractivity contribution is 7.09. The first-order valence-corrected chi connectivity index (χ1v) is 6.12. The van der Waals surface area contributed by atoms with E-state index in [4.69, 9.17) is 0 Å². The quantitative estimate of drug-likeness (QED) is 0.860. The number of carboxylic acid groups (broad SMARTS) is 1. The van der Waals surface area contributed by atoms with Crippen molar-refractivity contribution in [1.29, 1.82) is 0 Å². The fourth-order valence-corrected chi connectivity index (χ4v) is 3.21. The van der Waals surface area contributed by atoms with E-state index in [-0.39, 0.29) is 0 Å². The van der Waals surface area contributed by atoms with E-state index < -0.39 is 11.4 Å². The van der Waals surface area contributed by atoms with Crippen molar-refractivity contribution in [1.82, 2.24) is 4.98 Å². The lowest BCUT2D eigenvalue weighted by Gasteiger charge is -2.22. The predicted octanol–water partition coefficient (Wildman–Crippen LogP) is 2.58. The molecule has 4 heteroatoms. The molecule has 2 atom stereocenters.